The molecular formula is C21H27F2IN4O. The number of rotatable bonds is 6. The standard InChI is InChI=1S/C21H26F2N4O.HI/c1-24-21(26-13-16-11-17(22)7-8-18(16)23)25-12-15-9-10-27(14-15)19-5-3-4-6-20(19)28-2;/h3-8,11,15H,9-10,12-14H2,1-2H3,(H2,24,25,26);1H. The third-order valence-corrected chi connectivity index (χ3v) is 4.95. The highest BCUT2D eigenvalue weighted by Crippen LogP contribution is 2.31. The summed E-state index contributed by atoms with van der Waals surface area (Å²) in [7, 11) is 3.35. The average Bonchev–Trinajstić information content (AvgIpc) is 3.19. The van der Waals surface area contributed by atoms with E-state index in [2.05, 4.69) is 26.6 Å². The first kappa shape index (κ1) is 23.2. The average molecular weight is 516 g/mol. The van der Waals surface area contributed by atoms with Crippen LogP contribution in [0.2, 0.25) is 0 Å². The van der Waals surface area contributed by atoms with Gasteiger partial charge in [-0.1, -0.05) is 12.1 Å². The van der Waals surface area contributed by atoms with Gasteiger partial charge in [0.25, 0.3) is 0 Å². The molecule has 2 N–H and O–H groups in total. The second-order valence-electron chi connectivity index (χ2n) is 6.81. The smallest absolute Gasteiger partial charge is 0.191 e. The molecule has 0 aromatic heterocycles. The van der Waals surface area contributed by atoms with Crippen LogP contribution < -0.4 is 20.3 Å². The van der Waals surface area contributed by atoms with Crippen LogP contribution in [0, 0.1) is 17.6 Å². The summed E-state index contributed by atoms with van der Waals surface area (Å²) >= 11 is 0. The quantitative estimate of drug-likeness (QED) is 0.349. The maximum absolute atomic E-state index is 13.7. The molecule has 1 fully saturated rings. The van der Waals surface area contributed by atoms with Crippen molar-refractivity contribution in [3.63, 3.8) is 0 Å². The molecule has 0 radical (unpaired) electrons. The normalized spacial score (nSPS) is 16.3. The lowest BCUT2D eigenvalue weighted by atomic mass is 10.1. The van der Waals surface area contributed by atoms with Crippen LogP contribution in [-0.4, -0.2) is 39.8 Å². The van der Waals surface area contributed by atoms with Gasteiger partial charge in [0.05, 0.1) is 12.8 Å². The molecule has 1 aliphatic heterocycles. The maximum atomic E-state index is 13.7. The van der Waals surface area contributed by atoms with Gasteiger partial charge in [0.1, 0.15) is 17.4 Å². The Balaban J connectivity index is 0.00000300. The molecular weight excluding hydrogens is 489 g/mol. The number of hydrogen-bond acceptors (Lipinski definition) is 3. The Hall–Kier alpha value is -2.10. The van der Waals surface area contributed by atoms with Crippen molar-refractivity contribution < 1.29 is 13.5 Å². The molecule has 2 aromatic carbocycles. The molecule has 0 aliphatic carbocycles. The van der Waals surface area contributed by atoms with Crippen molar-refractivity contribution in [2.24, 2.45) is 10.9 Å². The number of para-hydroxylation sites is 2. The second-order valence-corrected chi connectivity index (χ2v) is 6.81. The summed E-state index contributed by atoms with van der Waals surface area (Å²) in [5.41, 5.74) is 1.38. The van der Waals surface area contributed by atoms with E-state index < -0.39 is 11.6 Å². The van der Waals surface area contributed by atoms with E-state index in [1.54, 1.807) is 14.2 Å². The third-order valence-electron chi connectivity index (χ3n) is 4.95. The fraction of sp³-hybridized carbons (Fsp3) is 0.381. The Labute approximate surface area is 187 Å². The van der Waals surface area contributed by atoms with E-state index in [0.29, 0.717) is 11.9 Å². The predicted octanol–water partition coefficient (Wildman–Crippen LogP) is 3.78. The summed E-state index contributed by atoms with van der Waals surface area (Å²) in [6.07, 6.45) is 1.06. The molecule has 158 valence electrons. The van der Waals surface area contributed by atoms with Crippen LogP contribution in [-0.2, 0) is 6.54 Å². The minimum atomic E-state index is -0.455. The van der Waals surface area contributed by atoms with Crippen LogP contribution in [0.4, 0.5) is 14.5 Å². The lowest BCUT2D eigenvalue weighted by Gasteiger charge is -2.21. The molecule has 0 spiro atoms. The second kappa shape index (κ2) is 11.2. The van der Waals surface area contributed by atoms with Gasteiger partial charge in [-0.3, -0.25) is 4.99 Å². The molecule has 2 aromatic rings. The topological polar surface area (TPSA) is 48.9 Å². The van der Waals surface area contributed by atoms with Crippen molar-refractivity contribution >= 4 is 35.6 Å². The van der Waals surface area contributed by atoms with E-state index in [1.165, 1.54) is 6.07 Å². The van der Waals surface area contributed by atoms with Gasteiger partial charge in [0.15, 0.2) is 5.96 Å². The highest BCUT2D eigenvalue weighted by molar-refractivity contribution is 14.0. The van der Waals surface area contributed by atoms with Gasteiger partial charge in [0.2, 0.25) is 0 Å². The number of hydrogen-bond donors (Lipinski definition) is 2. The van der Waals surface area contributed by atoms with Gasteiger partial charge in [-0.15, -0.1) is 24.0 Å². The summed E-state index contributed by atoms with van der Waals surface area (Å²) in [4.78, 5) is 6.49. The zero-order valence-electron chi connectivity index (χ0n) is 16.6. The van der Waals surface area contributed by atoms with Gasteiger partial charge in [-0.2, -0.15) is 0 Å². The number of anilines is 1. The Bertz CT molecular complexity index is 834. The van der Waals surface area contributed by atoms with Crippen LogP contribution in [0.3, 0.4) is 0 Å². The van der Waals surface area contributed by atoms with Gasteiger partial charge in [0, 0.05) is 38.8 Å². The van der Waals surface area contributed by atoms with Crippen LogP contribution in [0.25, 0.3) is 0 Å². The maximum Gasteiger partial charge on any atom is 0.191 e. The first-order chi connectivity index (χ1) is 13.6. The molecule has 0 bridgehead atoms. The van der Waals surface area contributed by atoms with Crippen molar-refractivity contribution in [1.29, 1.82) is 0 Å². The fourth-order valence-electron chi connectivity index (χ4n) is 3.43. The van der Waals surface area contributed by atoms with E-state index in [1.807, 2.05) is 18.2 Å². The Morgan fingerprint density at radius 3 is 2.76 bits per heavy atom. The number of benzene rings is 2. The van der Waals surface area contributed by atoms with Crippen LogP contribution in [0.5, 0.6) is 5.75 Å². The number of guanidine groups is 1. The lowest BCUT2D eigenvalue weighted by Crippen LogP contribution is -2.40. The van der Waals surface area contributed by atoms with Gasteiger partial charge in [-0.05, 0) is 42.7 Å². The molecule has 5 nitrogen and oxygen atoms in total. The van der Waals surface area contributed by atoms with Crippen molar-refractivity contribution in [2.45, 2.75) is 13.0 Å². The summed E-state index contributed by atoms with van der Waals surface area (Å²) in [5.74, 6) is 1.01. The van der Waals surface area contributed by atoms with Crippen molar-refractivity contribution in [2.75, 3.05) is 38.7 Å². The van der Waals surface area contributed by atoms with Gasteiger partial charge >= 0.3 is 0 Å². The largest absolute Gasteiger partial charge is 0.495 e. The Kier molecular flexibility index (Phi) is 8.94. The Morgan fingerprint density at radius 2 is 2.00 bits per heavy atom. The Morgan fingerprint density at radius 1 is 1.21 bits per heavy atom. The van der Waals surface area contributed by atoms with E-state index in [4.69, 9.17) is 4.74 Å². The molecule has 0 amide bonds. The van der Waals surface area contributed by atoms with Gasteiger partial charge < -0.3 is 20.3 Å². The van der Waals surface area contributed by atoms with E-state index in [0.717, 1.165) is 49.6 Å². The SMILES string of the molecule is CN=C(NCc1cc(F)ccc1F)NCC1CCN(c2ccccc2OC)C1.I. The molecule has 1 aliphatic rings. The van der Waals surface area contributed by atoms with Crippen molar-refractivity contribution in [3.05, 3.63) is 59.7 Å². The van der Waals surface area contributed by atoms with E-state index >= 15 is 0 Å². The molecule has 3 rings (SSSR count). The zero-order chi connectivity index (χ0) is 19.9. The minimum Gasteiger partial charge on any atom is -0.495 e. The van der Waals surface area contributed by atoms with E-state index in [9.17, 15) is 8.78 Å². The number of aliphatic imine (C=N–C) groups is 1. The first-order valence-corrected chi connectivity index (χ1v) is 9.37. The van der Waals surface area contributed by atoms with Crippen LogP contribution >= 0.6 is 24.0 Å². The summed E-state index contributed by atoms with van der Waals surface area (Å²) < 4.78 is 32.5. The molecule has 1 atom stereocenters. The fourth-order valence-corrected chi connectivity index (χ4v) is 3.43. The third kappa shape index (κ3) is 6.19. The number of ether oxygens (including phenoxy) is 1. The summed E-state index contributed by atoms with van der Waals surface area (Å²) in [6.45, 7) is 2.80. The number of methoxy groups -OCH3 is 1. The molecule has 1 saturated heterocycles. The molecule has 8 heteroatoms. The summed E-state index contributed by atoms with van der Waals surface area (Å²) in [5, 5.41) is 6.32. The highest BCUT2D eigenvalue weighted by atomic mass is 127. The van der Waals surface area contributed by atoms with Crippen molar-refractivity contribution in [3.8, 4) is 5.75 Å². The molecule has 1 unspecified atom stereocenters. The van der Waals surface area contributed by atoms with Crippen LogP contribution in [0.1, 0.15) is 12.0 Å². The zero-order valence-corrected chi connectivity index (χ0v) is 19.0. The number of halogens is 3. The number of nitrogens with zero attached hydrogens (tertiary/aromatic N) is 2. The molecule has 1 heterocycles. The monoisotopic (exact) mass is 516 g/mol. The minimum absolute atomic E-state index is 0. The predicted molar refractivity (Wildman–Crippen MR) is 123 cm³/mol. The van der Waals surface area contributed by atoms with Crippen molar-refractivity contribution in [1.82, 2.24) is 10.6 Å². The first-order valence-electron chi connectivity index (χ1n) is 9.37. The molecule has 29 heavy (non-hydrogen) atoms. The van der Waals surface area contributed by atoms with Crippen LogP contribution in [0.15, 0.2) is 47.5 Å². The highest BCUT2D eigenvalue weighted by Gasteiger charge is 2.24. The molecule has 0 saturated carbocycles. The lowest BCUT2D eigenvalue weighted by molar-refractivity contribution is 0.414. The van der Waals surface area contributed by atoms with E-state index in [-0.39, 0.29) is 36.1 Å². The number of nitrogens with one attached hydrogen (secondary N) is 2. The van der Waals surface area contributed by atoms with Gasteiger partial charge in [-0.25, -0.2) is 8.78 Å². The summed E-state index contributed by atoms with van der Waals surface area (Å²) in [6, 6.07) is 11.5.